The molecule has 0 spiro atoms. The minimum atomic E-state index is -3.78. The van der Waals surface area contributed by atoms with Crippen molar-refractivity contribution < 1.29 is 22.3 Å². The average Bonchev–Trinajstić information content (AvgIpc) is 3.06. The Morgan fingerprint density at radius 1 is 1.04 bits per heavy atom. The van der Waals surface area contributed by atoms with Gasteiger partial charge in [-0.25, -0.2) is 18.5 Å². The summed E-state index contributed by atoms with van der Waals surface area (Å²) in [5.74, 6) is 0.969. The predicted molar refractivity (Wildman–Crippen MR) is 103 cm³/mol. The van der Waals surface area contributed by atoms with E-state index >= 15 is 0 Å². The second kappa shape index (κ2) is 8.19. The summed E-state index contributed by atoms with van der Waals surface area (Å²) in [6, 6.07) is 15.5. The van der Waals surface area contributed by atoms with Gasteiger partial charge >= 0.3 is 0 Å². The van der Waals surface area contributed by atoms with Crippen LogP contribution in [0.15, 0.2) is 63.9 Å². The average molecular weight is 406 g/mol. The number of hydrogen-bond acceptors (Lipinski definition) is 5. The number of rotatable bonds is 7. The number of benzene rings is 2. The molecule has 0 aliphatic carbocycles. The molecular formula is C18H19N2O5PS. The monoisotopic (exact) mass is 406 g/mol. The summed E-state index contributed by atoms with van der Waals surface area (Å²) in [5.41, 5.74) is 2.15. The molecule has 3 rings (SSSR count). The molecule has 0 aliphatic rings. The topological polar surface area (TPSA) is 123 Å². The third-order valence-electron chi connectivity index (χ3n) is 3.95. The molecule has 1 aromatic heterocycles. The molecular weight excluding hydrogens is 387 g/mol. The first-order chi connectivity index (χ1) is 12.8. The summed E-state index contributed by atoms with van der Waals surface area (Å²) in [7, 11) is -6.29. The maximum atomic E-state index is 11.4. The van der Waals surface area contributed by atoms with Crippen molar-refractivity contribution in [2.45, 2.75) is 17.7 Å². The van der Waals surface area contributed by atoms with Crippen LogP contribution in [0, 0.1) is 0 Å². The van der Waals surface area contributed by atoms with Gasteiger partial charge in [-0.3, -0.25) is 4.57 Å². The van der Waals surface area contributed by atoms with Gasteiger partial charge in [-0.05, 0) is 30.7 Å². The van der Waals surface area contributed by atoms with E-state index in [4.69, 9.17) is 14.4 Å². The molecule has 3 N–H and O–H groups in total. The van der Waals surface area contributed by atoms with E-state index in [2.05, 4.69) is 4.98 Å². The van der Waals surface area contributed by atoms with Gasteiger partial charge in [0.2, 0.25) is 10.0 Å². The van der Waals surface area contributed by atoms with Crippen LogP contribution in [-0.2, 0) is 21.0 Å². The normalized spacial score (nSPS) is 12.8. The molecule has 0 bridgehead atoms. The van der Waals surface area contributed by atoms with Crippen LogP contribution >= 0.6 is 8.03 Å². The number of aromatic nitrogens is 1. The first-order valence-electron chi connectivity index (χ1n) is 8.25. The fraction of sp³-hybridized carbons (Fsp3) is 0.167. The zero-order valence-corrected chi connectivity index (χ0v) is 16.1. The number of sulfonamides is 1. The summed E-state index contributed by atoms with van der Waals surface area (Å²) >= 11 is 0. The molecule has 0 radical (unpaired) electrons. The Labute approximate surface area is 157 Å². The molecule has 27 heavy (non-hydrogen) atoms. The Hall–Kier alpha value is -2.25. The molecule has 1 atom stereocenters. The Morgan fingerprint density at radius 3 is 2.30 bits per heavy atom. The third kappa shape index (κ3) is 4.93. The fourth-order valence-corrected chi connectivity index (χ4v) is 3.64. The SMILES string of the molecule is NS(=O)(=O)c1ccc(-c2oc(CCC[PH](=O)O)nc2-c2ccccc2)cc1. The molecule has 7 nitrogen and oxygen atoms in total. The van der Waals surface area contributed by atoms with Crippen LogP contribution in [0.5, 0.6) is 0 Å². The Bertz CT molecular complexity index is 1050. The summed E-state index contributed by atoms with van der Waals surface area (Å²) in [6.45, 7) is 0. The molecule has 9 heteroatoms. The van der Waals surface area contributed by atoms with Crippen molar-refractivity contribution in [3.63, 3.8) is 0 Å². The largest absolute Gasteiger partial charge is 0.440 e. The van der Waals surface area contributed by atoms with Crippen molar-refractivity contribution in [1.82, 2.24) is 4.98 Å². The molecule has 1 unspecified atom stereocenters. The Kier molecular flexibility index (Phi) is 5.92. The lowest BCUT2D eigenvalue weighted by Gasteiger charge is -2.03. The van der Waals surface area contributed by atoms with Crippen molar-refractivity contribution >= 4 is 18.1 Å². The predicted octanol–water partition coefficient (Wildman–Crippen LogP) is 3.06. The molecule has 0 saturated carbocycles. The van der Waals surface area contributed by atoms with Crippen LogP contribution in [0.2, 0.25) is 0 Å². The van der Waals surface area contributed by atoms with Crippen LogP contribution in [0.3, 0.4) is 0 Å². The Morgan fingerprint density at radius 2 is 1.70 bits per heavy atom. The minimum Gasteiger partial charge on any atom is -0.440 e. The van der Waals surface area contributed by atoms with Gasteiger partial charge in [-0.2, -0.15) is 0 Å². The quantitative estimate of drug-likeness (QED) is 0.581. The van der Waals surface area contributed by atoms with Crippen LogP contribution < -0.4 is 5.14 Å². The van der Waals surface area contributed by atoms with Gasteiger partial charge in [-0.1, -0.05) is 30.3 Å². The highest BCUT2D eigenvalue weighted by Gasteiger charge is 2.18. The first-order valence-corrected chi connectivity index (χ1v) is 11.4. The summed E-state index contributed by atoms with van der Waals surface area (Å²) < 4.78 is 39.7. The molecule has 0 amide bonds. The van der Waals surface area contributed by atoms with Crippen molar-refractivity contribution in [2.75, 3.05) is 6.16 Å². The lowest BCUT2D eigenvalue weighted by atomic mass is 10.1. The van der Waals surface area contributed by atoms with Gasteiger partial charge in [-0.15, -0.1) is 0 Å². The second-order valence-corrected chi connectivity index (χ2v) is 8.82. The molecule has 0 fully saturated rings. The van der Waals surface area contributed by atoms with E-state index in [1.165, 1.54) is 12.1 Å². The number of aryl methyl sites for hydroxylation is 1. The van der Waals surface area contributed by atoms with Crippen molar-refractivity contribution in [3.05, 3.63) is 60.5 Å². The first kappa shape index (κ1) is 19.5. The fourth-order valence-electron chi connectivity index (χ4n) is 2.65. The van der Waals surface area contributed by atoms with E-state index in [1.54, 1.807) is 12.1 Å². The van der Waals surface area contributed by atoms with E-state index in [0.717, 1.165) is 5.56 Å². The molecule has 2 aromatic carbocycles. The zero-order chi connectivity index (χ0) is 19.4. The Balaban J connectivity index is 1.99. The van der Waals surface area contributed by atoms with E-state index in [1.807, 2.05) is 30.3 Å². The van der Waals surface area contributed by atoms with Gasteiger partial charge in [0.1, 0.15) is 5.69 Å². The maximum Gasteiger partial charge on any atom is 0.238 e. The smallest absolute Gasteiger partial charge is 0.238 e. The van der Waals surface area contributed by atoms with Crippen LogP contribution in [0.1, 0.15) is 12.3 Å². The van der Waals surface area contributed by atoms with Gasteiger partial charge < -0.3 is 9.31 Å². The number of primary sulfonamides is 1. The number of nitrogens with zero attached hydrogens (tertiary/aromatic N) is 1. The van der Waals surface area contributed by atoms with E-state index in [-0.39, 0.29) is 11.1 Å². The lowest BCUT2D eigenvalue weighted by molar-refractivity contribution is 0.489. The molecule has 142 valence electrons. The van der Waals surface area contributed by atoms with Gasteiger partial charge in [0, 0.05) is 23.7 Å². The van der Waals surface area contributed by atoms with Crippen LogP contribution in [-0.4, -0.2) is 24.5 Å². The molecule has 1 heterocycles. The highest BCUT2D eigenvalue weighted by Crippen LogP contribution is 2.33. The summed E-state index contributed by atoms with van der Waals surface area (Å²) in [6.07, 6.45) is 1.14. The highest BCUT2D eigenvalue weighted by molar-refractivity contribution is 7.89. The van der Waals surface area contributed by atoms with E-state index in [9.17, 15) is 13.0 Å². The van der Waals surface area contributed by atoms with Crippen LogP contribution in [0.4, 0.5) is 0 Å². The number of hydrogen-bond donors (Lipinski definition) is 2. The minimum absolute atomic E-state index is 0.0142. The standard InChI is InChI=1S/C18H19N2O5PS/c19-27(23,24)15-10-8-14(9-11-15)18-17(13-5-2-1-3-6-13)20-16(25-18)7-4-12-26(21)22/h1-3,5-6,8-11,26H,4,7,12H2,(H,21,22)(H2,19,23,24). The number of oxazole rings is 1. The van der Waals surface area contributed by atoms with Crippen molar-refractivity contribution in [3.8, 4) is 22.6 Å². The van der Waals surface area contributed by atoms with E-state index in [0.29, 0.717) is 35.7 Å². The second-order valence-electron chi connectivity index (χ2n) is 5.97. The summed E-state index contributed by atoms with van der Waals surface area (Å²) in [4.78, 5) is 13.5. The highest BCUT2D eigenvalue weighted by atomic mass is 32.2. The third-order valence-corrected chi connectivity index (χ3v) is 5.66. The maximum absolute atomic E-state index is 11.4. The number of nitrogens with two attached hydrogens (primary N) is 1. The zero-order valence-electron chi connectivity index (χ0n) is 14.3. The molecule has 0 aliphatic heterocycles. The van der Waals surface area contributed by atoms with E-state index < -0.39 is 18.1 Å². The van der Waals surface area contributed by atoms with Gasteiger partial charge in [0.05, 0.1) is 4.90 Å². The molecule has 3 aromatic rings. The van der Waals surface area contributed by atoms with Crippen molar-refractivity contribution in [2.24, 2.45) is 5.14 Å². The van der Waals surface area contributed by atoms with Crippen LogP contribution in [0.25, 0.3) is 22.6 Å². The van der Waals surface area contributed by atoms with Gasteiger partial charge in [0.15, 0.2) is 19.7 Å². The van der Waals surface area contributed by atoms with Crippen molar-refractivity contribution in [1.29, 1.82) is 0 Å². The lowest BCUT2D eigenvalue weighted by Crippen LogP contribution is -2.11. The van der Waals surface area contributed by atoms with Gasteiger partial charge in [0.25, 0.3) is 0 Å². The summed E-state index contributed by atoms with van der Waals surface area (Å²) in [5, 5.41) is 5.14. The molecule has 0 saturated heterocycles.